The lowest BCUT2D eigenvalue weighted by Gasteiger charge is -2.52. The van der Waals surface area contributed by atoms with Gasteiger partial charge in [-0.1, -0.05) is 13.8 Å². The van der Waals surface area contributed by atoms with Crippen LogP contribution in [0, 0.1) is 5.41 Å². The molecule has 17 heavy (non-hydrogen) atoms. The van der Waals surface area contributed by atoms with Crippen molar-refractivity contribution in [2.75, 3.05) is 20.8 Å². The first-order valence-electron chi connectivity index (χ1n) is 6.01. The van der Waals surface area contributed by atoms with Crippen LogP contribution >= 0.6 is 0 Å². The molecule has 2 bridgehead atoms. The minimum absolute atomic E-state index is 0.109. The van der Waals surface area contributed by atoms with Crippen molar-refractivity contribution in [1.82, 2.24) is 0 Å². The zero-order valence-electron chi connectivity index (χ0n) is 11.2. The highest BCUT2D eigenvalue weighted by atomic mass is 16.6. The normalized spacial score (nSPS) is 45.8. The molecule has 2 heterocycles. The van der Waals surface area contributed by atoms with E-state index in [9.17, 15) is 0 Å². The summed E-state index contributed by atoms with van der Waals surface area (Å²) in [6.45, 7) is 6.79. The smallest absolute Gasteiger partial charge is 0.129 e. The van der Waals surface area contributed by atoms with Crippen molar-refractivity contribution in [2.45, 2.75) is 50.7 Å². The maximum Gasteiger partial charge on any atom is 0.129 e. The van der Waals surface area contributed by atoms with Crippen LogP contribution in [0.5, 0.6) is 0 Å². The molecule has 2 saturated heterocycles. The molecule has 2 radical (unpaired) electrons. The van der Waals surface area contributed by atoms with Crippen LogP contribution in [0.3, 0.4) is 0 Å². The van der Waals surface area contributed by atoms with E-state index in [1.807, 2.05) is 6.92 Å². The quantitative estimate of drug-likeness (QED) is 0.681. The maximum absolute atomic E-state index is 6.05. The summed E-state index contributed by atoms with van der Waals surface area (Å²) in [7, 11) is 9.35. The summed E-state index contributed by atoms with van der Waals surface area (Å²) in [5.74, 6) is 0. The SMILES string of the molecule is [B][C@@H]1O[C@]2([C@H](C)OC)C(OC)[C@@H]1OCC2(C)C. The van der Waals surface area contributed by atoms with Gasteiger partial charge in [-0.3, -0.25) is 0 Å². The van der Waals surface area contributed by atoms with Crippen molar-refractivity contribution >= 4 is 7.85 Å². The van der Waals surface area contributed by atoms with Gasteiger partial charge in [0.2, 0.25) is 0 Å². The Morgan fingerprint density at radius 1 is 1.35 bits per heavy atom. The summed E-state index contributed by atoms with van der Waals surface area (Å²) in [5, 5.41) is 0. The Hall–Kier alpha value is -0.0951. The molecule has 2 fully saturated rings. The fourth-order valence-corrected chi connectivity index (χ4v) is 3.28. The Balaban J connectivity index is 2.46. The largest absolute Gasteiger partial charge is 0.379 e. The molecule has 2 aliphatic heterocycles. The molecule has 0 spiro atoms. The summed E-state index contributed by atoms with van der Waals surface area (Å²) in [5.41, 5.74) is -0.771. The summed E-state index contributed by atoms with van der Waals surface area (Å²) in [6, 6.07) is -0.459. The van der Waals surface area contributed by atoms with Crippen LogP contribution in [0.15, 0.2) is 0 Å². The van der Waals surface area contributed by atoms with E-state index < -0.39 is 11.6 Å². The Labute approximate surface area is 104 Å². The first kappa shape index (κ1) is 13.3. The van der Waals surface area contributed by atoms with Crippen LogP contribution in [0.4, 0.5) is 0 Å². The molecule has 5 atom stereocenters. The third-order valence-corrected chi connectivity index (χ3v) is 4.28. The van der Waals surface area contributed by atoms with Gasteiger partial charge in [-0.2, -0.15) is 0 Å². The van der Waals surface area contributed by atoms with E-state index in [2.05, 4.69) is 13.8 Å². The number of methoxy groups -OCH3 is 2. The van der Waals surface area contributed by atoms with Crippen molar-refractivity contribution in [3.63, 3.8) is 0 Å². The van der Waals surface area contributed by atoms with Gasteiger partial charge >= 0.3 is 0 Å². The molecule has 96 valence electrons. The zero-order valence-corrected chi connectivity index (χ0v) is 11.2. The average Bonchev–Trinajstić information content (AvgIpc) is 2.53. The molecule has 0 N–H and O–H groups in total. The minimum Gasteiger partial charge on any atom is -0.379 e. The van der Waals surface area contributed by atoms with Crippen molar-refractivity contribution in [3.8, 4) is 0 Å². The summed E-state index contributed by atoms with van der Waals surface area (Å²) in [4.78, 5) is 0. The van der Waals surface area contributed by atoms with Crippen LogP contribution < -0.4 is 0 Å². The molecule has 2 rings (SSSR count). The highest BCUT2D eigenvalue weighted by Gasteiger charge is 2.67. The first-order chi connectivity index (χ1) is 7.90. The van der Waals surface area contributed by atoms with Crippen LogP contribution in [0.1, 0.15) is 20.8 Å². The average molecular weight is 240 g/mol. The van der Waals surface area contributed by atoms with Crippen LogP contribution in [-0.4, -0.2) is 58.6 Å². The van der Waals surface area contributed by atoms with Gasteiger partial charge in [-0.15, -0.1) is 0 Å². The Kier molecular flexibility index (Phi) is 3.32. The Morgan fingerprint density at radius 3 is 2.53 bits per heavy atom. The van der Waals surface area contributed by atoms with Crippen LogP contribution in [0.25, 0.3) is 0 Å². The summed E-state index contributed by atoms with van der Waals surface area (Å²) >= 11 is 0. The lowest BCUT2D eigenvalue weighted by atomic mass is 9.67. The van der Waals surface area contributed by atoms with E-state index in [0.29, 0.717) is 6.61 Å². The zero-order chi connectivity index (χ0) is 12.8. The van der Waals surface area contributed by atoms with Gasteiger partial charge in [0, 0.05) is 25.6 Å². The number of rotatable bonds is 3. The lowest BCUT2D eigenvalue weighted by molar-refractivity contribution is -0.242. The van der Waals surface area contributed by atoms with E-state index in [0.717, 1.165) is 0 Å². The second kappa shape index (κ2) is 4.23. The predicted molar refractivity (Wildman–Crippen MR) is 64.1 cm³/mol. The molecule has 0 saturated carbocycles. The van der Waals surface area contributed by atoms with Crippen molar-refractivity contribution in [1.29, 1.82) is 0 Å². The fraction of sp³-hybridized carbons (Fsp3) is 1.00. The standard InChI is InChI=1S/C12H21BO4/c1-7(14-4)12-9(15-5)8(10(13)17-12)16-6-11(12,2)3/h7-10H,6H2,1-5H3/t7-,8-,9?,10+,12+/m0/s1. The third kappa shape index (κ3) is 1.60. The highest BCUT2D eigenvalue weighted by Crippen LogP contribution is 2.52. The number of hydrogen-bond acceptors (Lipinski definition) is 4. The first-order valence-corrected chi connectivity index (χ1v) is 6.01. The molecule has 4 nitrogen and oxygen atoms in total. The van der Waals surface area contributed by atoms with Crippen molar-refractivity contribution < 1.29 is 18.9 Å². The molecule has 0 aliphatic carbocycles. The lowest BCUT2D eigenvalue weighted by Crippen LogP contribution is -2.66. The summed E-state index contributed by atoms with van der Waals surface area (Å²) in [6.07, 6.45) is -0.524. The number of fused-ring (bicyclic) bond motifs is 2. The molecule has 0 aromatic heterocycles. The van der Waals surface area contributed by atoms with Gasteiger partial charge in [-0.05, 0) is 6.92 Å². The Bertz CT molecular complexity index is 296. The van der Waals surface area contributed by atoms with Gasteiger partial charge in [0.25, 0.3) is 0 Å². The third-order valence-electron chi connectivity index (χ3n) is 4.28. The van der Waals surface area contributed by atoms with Crippen molar-refractivity contribution in [3.05, 3.63) is 0 Å². The van der Waals surface area contributed by atoms with Gasteiger partial charge in [-0.25, -0.2) is 0 Å². The molecular weight excluding hydrogens is 219 g/mol. The minimum atomic E-state index is -0.557. The van der Waals surface area contributed by atoms with Crippen LogP contribution in [-0.2, 0) is 18.9 Å². The van der Waals surface area contributed by atoms with Crippen molar-refractivity contribution in [2.24, 2.45) is 5.41 Å². The predicted octanol–water partition coefficient (Wildman–Crippen LogP) is 0.725. The molecule has 1 unspecified atom stereocenters. The van der Waals surface area contributed by atoms with E-state index in [4.69, 9.17) is 26.8 Å². The fourth-order valence-electron chi connectivity index (χ4n) is 3.28. The second-order valence-corrected chi connectivity index (χ2v) is 5.57. The molecule has 0 aromatic carbocycles. The molecule has 2 aliphatic rings. The molecular formula is C12H21BO4. The monoisotopic (exact) mass is 240 g/mol. The second-order valence-electron chi connectivity index (χ2n) is 5.57. The number of ether oxygens (including phenoxy) is 4. The molecule has 5 heteroatoms. The van der Waals surface area contributed by atoms with E-state index >= 15 is 0 Å². The van der Waals surface area contributed by atoms with E-state index in [1.54, 1.807) is 14.2 Å². The Morgan fingerprint density at radius 2 is 2.00 bits per heavy atom. The topological polar surface area (TPSA) is 36.9 Å². The maximum atomic E-state index is 6.05. The summed E-state index contributed by atoms with van der Waals surface area (Å²) < 4.78 is 22.9. The molecule has 0 amide bonds. The van der Waals surface area contributed by atoms with Crippen LogP contribution in [0.2, 0.25) is 0 Å². The van der Waals surface area contributed by atoms with E-state index in [1.165, 1.54) is 0 Å². The highest BCUT2D eigenvalue weighted by molar-refractivity contribution is 6.11. The van der Waals surface area contributed by atoms with E-state index in [-0.39, 0.29) is 23.7 Å². The van der Waals surface area contributed by atoms with Gasteiger partial charge in [0.15, 0.2) is 0 Å². The van der Waals surface area contributed by atoms with Gasteiger partial charge < -0.3 is 18.9 Å². The molecule has 0 aromatic rings. The van der Waals surface area contributed by atoms with Gasteiger partial charge in [0.1, 0.15) is 25.7 Å². The number of hydrogen-bond donors (Lipinski definition) is 0. The van der Waals surface area contributed by atoms with Gasteiger partial charge in [0.05, 0.1) is 12.7 Å².